The fourth-order valence-corrected chi connectivity index (χ4v) is 1.88. The highest BCUT2D eigenvalue weighted by atomic mass is 35.5. The minimum absolute atomic E-state index is 0.0576. The molecule has 100 valence electrons. The summed E-state index contributed by atoms with van der Waals surface area (Å²) in [5.74, 6) is -3.13. The van der Waals surface area contributed by atoms with Crippen molar-refractivity contribution in [1.29, 1.82) is 0 Å². The van der Waals surface area contributed by atoms with Crippen LogP contribution in [0.25, 0.3) is 0 Å². The number of rotatable bonds is 4. The monoisotopic (exact) mass is 288 g/mol. The molecule has 5 heteroatoms. The summed E-state index contributed by atoms with van der Waals surface area (Å²) in [7, 11) is 0. The van der Waals surface area contributed by atoms with Crippen LogP contribution in [0.3, 0.4) is 0 Å². The third-order valence-electron chi connectivity index (χ3n) is 2.72. The van der Waals surface area contributed by atoms with Gasteiger partial charge in [-0.25, -0.2) is 4.79 Å². The first-order valence-electron chi connectivity index (χ1n) is 5.67. The predicted octanol–water partition coefficient (Wildman–Crippen LogP) is 2.84. The van der Waals surface area contributed by atoms with Crippen molar-refractivity contribution in [2.45, 2.75) is 0 Å². The number of carbonyl (C=O) groups is 3. The molecule has 20 heavy (non-hydrogen) atoms. The lowest BCUT2D eigenvalue weighted by Gasteiger charge is -2.06. The molecule has 0 unspecified atom stereocenters. The smallest absolute Gasteiger partial charge is 0.377 e. The molecule has 0 saturated carbocycles. The number of halogens is 1. The van der Waals surface area contributed by atoms with E-state index in [-0.39, 0.29) is 11.1 Å². The van der Waals surface area contributed by atoms with E-state index in [1.54, 1.807) is 18.2 Å². The molecule has 0 aromatic heterocycles. The van der Waals surface area contributed by atoms with E-state index in [2.05, 4.69) is 0 Å². The Hall–Kier alpha value is -2.46. The van der Waals surface area contributed by atoms with E-state index in [9.17, 15) is 14.4 Å². The van der Waals surface area contributed by atoms with Gasteiger partial charge in [0.1, 0.15) is 0 Å². The van der Waals surface area contributed by atoms with Gasteiger partial charge in [0.2, 0.25) is 0 Å². The van der Waals surface area contributed by atoms with Gasteiger partial charge in [0, 0.05) is 21.7 Å². The van der Waals surface area contributed by atoms with Crippen LogP contribution in [0.5, 0.6) is 0 Å². The van der Waals surface area contributed by atoms with Crippen molar-refractivity contribution in [1.82, 2.24) is 0 Å². The van der Waals surface area contributed by atoms with Crippen molar-refractivity contribution in [3.8, 4) is 0 Å². The first kappa shape index (κ1) is 14.0. The van der Waals surface area contributed by atoms with Gasteiger partial charge in [0.25, 0.3) is 5.78 Å². The minimum atomic E-state index is -1.60. The molecule has 0 atom stereocenters. The van der Waals surface area contributed by atoms with Gasteiger partial charge in [-0.2, -0.15) is 0 Å². The summed E-state index contributed by atoms with van der Waals surface area (Å²) in [4.78, 5) is 34.7. The molecule has 0 radical (unpaired) electrons. The van der Waals surface area contributed by atoms with Gasteiger partial charge in [0.05, 0.1) is 0 Å². The summed E-state index contributed by atoms with van der Waals surface area (Å²) in [6, 6.07) is 12.0. The van der Waals surface area contributed by atoms with E-state index in [4.69, 9.17) is 16.7 Å². The number of carboxylic acids is 1. The minimum Gasteiger partial charge on any atom is -0.475 e. The SMILES string of the molecule is O=C(O)C(=O)c1ccccc1C(=O)c1ccc(Cl)cc1. The summed E-state index contributed by atoms with van der Waals surface area (Å²) in [6.07, 6.45) is 0. The van der Waals surface area contributed by atoms with Crippen LogP contribution in [0.2, 0.25) is 5.02 Å². The quantitative estimate of drug-likeness (QED) is 0.693. The van der Waals surface area contributed by atoms with Crippen LogP contribution in [-0.4, -0.2) is 22.6 Å². The number of hydrogen-bond donors (Lipinski definition) is 1. The van der Waals surface area contributed by atoms with Crippen LogP contribution < -0.4 is 0 Å². The fourth-order valence-electron chi connectivity index (χ4n) is 1.75. The third-order valence-corrected chi connectivity index (χ3v) is 2.97. The Morgan fingerprint density at radius 3 is 1.95 bits per heavy atom. The molecule has 0 aliphatic heterocycles. The van der Waals surface area contributed by atoms with E-state index >= 15 is 0 Å². The van der Waals surface area contributed by atoms with Crippen molar-refractivity contribution in [3.05, 3.63) is 70.2 Å². The molecule has 0 amide bonds. The maximum Gasteiger partial charge on any atom is 0.377 e. The number of ketones is 2. The summed E-state index contributed by atoms with van der Waals surface area (Å²) >= 11 is 5.74. The van der Waals surface area contributed by atoms with Gasteiger partial charge < -0.3 is 5.11 Å². The van der Waals surface area contributed by atoms with Crippen LogP contribution in [0.4, 0.5) is 0 Å². The summed E-state index contributed by atoms with van der Waals surface area (Å²) in [5, 5.41) is 9.25. The molecule has 0 aliphatic carbocycles. The number of aliphatic carboxylic acids is 1. The first-order chi connectivity index (χ1) is 9.50. The molecule has 2 aromatic rings. The molecule has 2 aromatic carbocycles. The molecular weight excluding hydrogens is 280 g/mol. The second kappa shape index (κ2) is 5.67. The average Bonchev–Trinajstić information content (AvgIpc) is 2.46. The van der Waals surface area contributed by atoms with Gasteiger partial charge in [-0.3, -0.25) is 9.59 Å². The second-order valence-electron chi connectivity index (χ2n) is 4.02. The maximum absolute atomic E-state index is 12.3. The first-order valence-corrected chi connectivity index (χ1v) is 6.05. The van der Waals surface area contributed by atoms with Crippen molar-refractivity contribution in [2.24, 2.45) is 0 Å². The Kier molecular flexibility index (Phi) is 3.96. The van der Waals surface area contributed by atoms with Gasteiger partial charge in [0.15, 0.2) is 5.78 Å². The van der Waals surface area contributed by atoms with Crippen LogP contribution in [0, 0.1) is 0 Å². The zero-order valence-corrected chi connectivity index (χ0v) is 10.9. The number of hydrogen-bond acceptors (Lipinski definition) is 3. The van der Waals surface area contributed by atoms with Crippen molar-refractivity contribution in [2.75, 3.05) is 0 Å². The Labute approximate surface area is 119 Å². The predicted molar refractivity (Wildman–Crippen MR) is 73.3 cm³/mol. The number of Topliss-reactive ketones (excluding diaryl/α,β-unsaturated/α-hetero) is 1. The Bertz CT molecular complexity index is 689. The van der Waals surface area contributed by atoms with E-state index < -0.39 is 17.5 Å². The number of benzene rings is 2. The highest BCUT2D eigenvalue weighted by Crippen LogP contribution is 2.17. The molecule has 1 N–H and O–H groups in total. The summed E-state index contributed by atoms with van der Waals surface area (Å²) in [5.41, 5.74) is 0.266. The maximum atomic E-state index is 12.3. The van der Waals surface area contributed by atoms with Gasteiger partial charge >= 0.3 is 5.97 Å². The van der Waals surface area contributed by atoms with Crippen molar-refractivity contribution >= 4 is 29.1 Å². The van der Waals surface area contributed by atoms with Crippen LogP contribution in [0.1, 0.15) is 26.3 Å². The van der Waals surface area contributed by atoms with Crippen molar-refractivity contribution < 1.29 is 19.5 Å². The Balaban J connectivity index is 2.47. The Morgan fingerprint density at radius 1 is 0.850 bits per heavy atom. The molecule has 0 aliphatic rings. The van der Waals surface area contributed by atoms with Gasteiger partial charge in [-0.05, 0) is 24.3 Å². The molecule has 0 spiro atoms. The molecule has 2 rings (SSSR count). The molecule has 0 saturated heterocycles. The van der Waals surface area contributed by atoms with E-state index in [1.807, 2.05) is 0 Å². The summed E-state index contributed by atoms with van der Waals surface area (Å²) in [6.45, 7) is 0. The lowest BCUT2D eigenvalue weighted by atomic mass is 9.96. The average molecular weight is 289 g/mol. The van der Waals surface area contributed by atoms with Crippen molar-refractivity contribution in [3.63, 3.8) is 0 Å². The normalized spacial score (nSPS) is 10.1. The van der Waals surface area contributed by atoms with Crippen LogP contribution in [0.15, 0.2) is 48.5 Å². The second-order valence-corrected chi connectivity index (χ2v) is 4.45. The molecular formula is C15H9ClO4. The van der Waals surface area contributed by atoms with E-state index in [0.717, 1.165) is 0 Å². The van der Waals surface area contributed by atoms with E-state index in [1.165, 1.54) is 30.3 Å². The van der Waals surface area contributed by atoms with Gasteiger partial charge in [-0.15, -0.1) is 0 Å². The zero-order valence-electron chi connectivity index (χ0n) is 10.2. The van der Waals surface area contributed by atoms with Crippen LogP contribution >= 0.6 is 11.6 Å². The largest absolute Gasteiger partial charge is 0.475 e. The van der Waals surface area contributed by atoms with Gasteiger partial charge in [-0.1, -0.05) is 35.9 Å². The standard InChI is InChI=1S/C15H9ClO4/c16-10-7-5-9(6-8-10)13(17)11-3-1-2-4-12(11)14(18)15(19)20/h1-8H,(H,19,20). The molecule has 0 bridgehead atoms. The Morgan fingerprint density at radius 2 is 1.40 bits per heavy atom. The fraction of sp³-hybridized carbons (Fsp3) is 0. The lowest BCUT2D eigenvalue weighted by Crippen LogP contribution is -2.17. The highest BCUT2D eigenvalue weighted by molar-refractivity contribution is 6.41. The number of carbonyl (C=O) groups excluding carboxylic acids is 2. The van der Waals surface area contributed by atoms with E-state index in [0.29, 0.717) is 10.6 Å². The topological polar surface area (TPSA) is 71.4 Å². The number of carboxylic acid groups (broad SMARTS) is 1. The third kappa shape index (κ3) is 2.75. The summed E-state index contributed by atoms with van der Waals surface area (Å²) < 4.78 is 0. The lowest BCUT2D eigenvalue weighted by molar-refractivity contribution is -0.131. The van der Waals surface area contributed by atoms with Crippen LogP contribution in [-0.2, 0) is 4.79 Å². The highest BCUT2D eigenvalue weighted by Gasteiger charge is 2.22. The zero-order chi connectivity index (χ0) is 14.7. The molecule has 4 nitrogen and oxygen atoms in total. The molecule has 0 heterocycles. The molecule has 0 fully saturated rings.